The Morgan fingerprint density at radius 1 is 0.935 bits per heavy atom. The second-order valence-electron chi connectivity index (χ2n) is 6.41. The van der Waals surface area contributed by atoms with Gasteiger partial charge in [0.1, 0.15) is 12.4 Å². The highest BCUT2D eigenvalue weighted by atomic mass is 32.2. The normalized spacial score (nSPS) is 11.3. The number of nitrogens with zero attached hydrogens (tertiary/aromatic N) is 1. The quantitative estimate of drug-likeness (QED) is 0.381. The van der Waals surface area contributed by atoms with Gasteiger partial charge >= 0.3 is 0 Å². The Kier molecular flexibility index (Phi) is 7.50. The first-order chi connectivity index (χ1) is 15.0. The van der Waals surface area contributed by atoms with E-state index in [0.29, 0.717) is 36.0 Å². The highest BCUT2D eigenvalue weighted by Gasteiger charge is 2.14. The lowest BCUT2D eigenvalue weighted by atomic mass is 10.2. The van der Waals surface area contributed by atoms with Gasteiger partial charge in [-0.25, -0.2) is 4.83 Å². The molecular weight excluding hydrogens is 416 g/mol. The summed E-state index contributed by atoms with van der Waals surface area (Å²) in [5, 5.41) is 3.91. The Hall–Kier alpha value is -3.52. The van der Waals surface area contributed by atoms with Gasteiger partial charge in [-0.1, -0.05) is 36.4 Å². The molecule has 1 N–H and O–H groups in total. The maximum atomic E-state index is 12.5. The fourth-order valence-electron chi connectivity index (χ4n) is 2.78. The summed E-state index contributed by atoms with van der Waals surface area (Å²) in [5.74, 6) is 1.59. The minimum absolute atomic E-state index is 0.0827. The van der Waals surface area contributed by atoms with E-state index in [1.807, 2.05) is 37.3 Å². The van der Waals surface area contributed by atoms with Crippen molar-refractivity contribution >= 4 is 16.2 Å². The molecule has 3 rings (SSSR count). The third-order valence-corrected chi connectivity index (χ3v) is 5.52. The van der Waals surface area contributed by atoms with Crippen LogP contribution in [-0.4, -0.2) is 28.3 Å². The van der Waals surface area contributed by atoms with E-state index >= 15 is 0 Å². The van der Waals surface area contributed by atoms with Gasteiger partial charge in [0.05, 0.1) is 24.8 Å². The fourth-order valence-corrected chi connectivity index (χ4v) is 3.57. The average Bonchev–Trinajstić information content (AvgIpc) is 2.79. The SMILES string of the molecule is CCOc1ccc(S(=O)(=O)N/N=C/c2cccc(OC)c2OCc2ccccc2)cc1. The lowest BCUT2D eigenvalue weighted by Gasteiger charge is -2.13. The second-order valence-corrected chi connectivity index (χ2v) is 8.07. The summed E-state index contributed by atoms with van der Waals surface area (Å²) in [6, 6.07) is 21.1. The van der Waals surface area contributed by atoms with E-state index in [4.69, 9.17) is 14.2 Å². The summed E-state index contributed by atoms with van der Waals surface area (Å²) in [6.45, 7) is 2.70. The van der Waals surface area contributed by atoms with E-state index in [0.717, 1.165) is 5.56 Å². The number of nitrogens with one attached hydrogen (secondary N) is 1. The Morgan fingerprint density at radius 2 is 1.68 bits per heavy atom. The lowest BCUT2D eigenvalue weighted by molar-refractivity contribution is 0.284. The van der Waals surface area contributed by atoms with Crippen molar-refractivity contribution in [1.82, 2.24) is 4.83 Å². The van der Waals surface area contributed by atoms with Crippen molar-refractivity contribution in [3.8, 4) is 17.2 Å². The van der Waals surface area contributed by atoms with Crippen LogP contribution in [0.3, 0.4) is 0 Å². The van der Waals surface area contributed by atoms with Gasteiger partial charge in [0, 0.05) is 5.56 Å². The number of para-hydroxylation sites is 1. The molecule has 0 fully saturated rings. The standard InChI is InChI=1S/C23H24N2O5S/c1-3-29-20-12-14-21(15-13-20)31(26,27)25-24-16-19-10-7-11-22(28-2)23(19)30-17-18-8-5-4-6-9-18/h4-16,25H,3,17H2,1-2H3/b24-16+. The molecule has 0 aliphatic carbocycles. The predicted octanol–water partition coefficient (Wildman–Crippen LogP) is 3.99. The molecule has 0 bridgehead atoms. The summed E-state index contributed by atoms with van der Waals surface area (Å²) >= 11 is 0. The molecule has 0 heterocycles. The van der Waals surface area contributed by atoms with Crippen LogP contribution in [0.2, 0.25) is 0 Å². The van der Waals surface area contributed by atoms with Gasteiger partial charge in [0.2, 0.25) is 0 Å². The monoisotopic (exact) mass is 440 g/mol. The fraction of sp³-hybridized carbons (Fsp3) is 0.174. The Labute approximate surface area is 182 Å². The molecule has 162 valence electrons. The van der Waals surface area contributed by atoms with E-state index in [9.17, 15) is 8.42 Å². The molecule has 0 radical (unpaired) electrons. The second kappa shape index (κ2) is 10.5. The van der Waals surface area contributed by atoms with E-state index in [1.54, 1.807) is 37.4 Å². The van der Waals surface area contributed by atoms with Gasteiger partial charge in [-0.15, -0.1) is 0 Å². The predicted molar refractivity (Wildman–Crippen MR) is 119 cm³/mol. The number of methoxy groups -OCH3 is 1. The number of benzene rings is 3. The van der Waals surface area contributed by atoms with Crippen LogP contribution in [0.1, 0.15) is 18.1 Å². The zero-order valence-electron chi connectivity index (χ0n) is 17.3. The van der Waals surface area contributed by atoms with E-state index < -0.39 is 10.0 Å². The van der Waals surface area contributed by atoms with Gasteiger partial charge in [-0.2, -0.15) is 13.5 Å². The summed E-state index contributed by atoms with van der Waals surface area (Å²) in [7, 11) is -2.28. The highest BCUT2D eigenvalue weighted by molar-refractivity contribution is 7.89. The van der Waals surface area contributed by atoms with Gasteiger partial charge in [0.15, 0.2) is 11.5 Å². The van der Waals surface area contributed by atoms with Crippen LogP contribution in [-0.2, 0) is 16.6 Å². The summed E-state index contributed by atoms with van der Waals surface area (Å²) in [4.78, 5) is 2.30. The van der Waals surface area contributed by atoms with Crippen molar-refractivity contribution in [2.75, 3.05) is 13.7 Å². The first kappa shape index (κ1) is 22.2. The van der Waals surface area contributed by atoms with Gasteiger partial charge in [-0.3, -0.25) is 0 Å². The molecule has 0 spiro atoms. The van der Waals surface area contributed by atoms with Crippen molar-refractivity contribution < 1.29 is 22.6 Å². The van der Waals surface area contributed by atoms with Gasteiger partial charge in [0.25, 0.3) is 10.0 Å². The van der Waals surface area contributed by atoms with Crippen molar-refractivity contribution in [2.24, 2.45) is 5.10 Å². The van der Waals surface area contributed by atoms with Crippen molar-refractivity contribution in [3.05, 3.63) is 83.9 Å². The summed E-state index contributed by atoms with van der Waals surface area (Å²) in [6.07, 6.45) is 1.38. The van der Waals surface area contributed by atoms with Crippen LogP contribution in [0.25, 0.3) is 0 Å². The number of rotatable bonds is 10. The van der Waals surface area contributed by atoms with E-state index in [2.05, 4.69) is 9.93 Å². The molecule has 0 amide bonds. The molecular formula is C23H24N2O5S. The molecule has 3 aromatic carbocycles. The minimum atomic E-state index is -3.82. The first-order valence-electron chi connectivity index (χ1n) is 9.65. The molecule has 0 aromatic heterocycles. The lowest BCUT2D eigenvalue weighted by Crippen LogP contribution is -2.18. The molecule has 0 aliphatic heterocycles. The highest BCUT2D eigenvalue weighted by Crippen LogP contribution is 2.30. The van der Waals surface area contributed by atoms with E-state index in [1.165, 1.54) is 18.3 Å². The molecule has 0 unspecified atom stereocenters. The summed E-state index contributed by atoms with van der Waals surface area (Å²) in [5.41, 5.74) is 1.57. The topological polar surface area (TPSA) is 86.2 Å². The number of sulfonamides is 1. The molecule has 0 saturated carbocycles. The zero-order chi connectivity index (χ0) is 22.1. The molecule has 8 heteroatoms. The van der Waals surface area contributed by atoms with Gasteiger partial charge < -0.3 is 14.2 Å². The smallest absolute Gasteiger partial charge is 0.276 e. The average molecular weight is 441 g/mol. The minimum Gasteiger partial charge on any atom is -0.494 e. The Balaban J connectivity index is 1.75. The molecule has 3 aromatic rings. The Bertz CT molecular complexity index is 1110. The number of hydrazone groups is 1. The Morgan fingerprint density at radius 3 is 2.35 bits per heavy atom. The van der Waals surface area contributed by atoms with Crippen LogP contribution in [0.4, 0.5) is 0 Å². The third-order valence-electron chi connectivity index (χ3n) is 4.28. The van der Waals surface area contributed by atoms with E-state index in [-0.39, 0.29) is 4.90 Å². The molecule has 0 atom stereocenters. The van der Waals surface area contributed by atoms with Crippen LogP contribution in [0.15, 0.2) is 82.8 Å². The zero-order valence-corrected chi connectivity index (χ0v) is 18.1. The number of hydrogen-bond donors (Lipinski definition) is 1. The number of ether oxygens (including phenoxy) is 3. The molecule has 0 aliphatic rings. The molecule has 7 nitrogen and oxygen atoms in total. The largest absolute Gasteiger partial charge is 0.494 e. The van der Waals surface area contributed by atoms with Gasteiger partial charge in [-0.05, 0) is 48.9 Å². The van der Waals surface area contributed by atoms with Crippen LogP contribution in [0, 0.1) is 0 Å². The summed E-state index contributed by atoms with van der Waals surface area (Å²) < 4.78 is 41.6. The van der Waals surface area contributed by atoms with Crippen LogP contribution < -0.4 is 19.0 Å². The third kappa shape index (κ3) is 5.99. The van der Waals surface area contributed by atoms with Crippen molar-refractivity contribution in [1.29, 1.82) is 0 Å². The number of hydrogen-bond acceptors (Lipinski definition) is 6. The maximum Gasteiger partial charge on any atom is 0.276 e. The van der Waals surface area contributed by atoms with Crippen LogP contribution in [0.5, 0.6) is 17.2 Å². The van der Waals surface area contributed by atoms with Crippen molar-refractivity contribution in [2.45, 2.75) is 18.4 Å². The van der Waals surface area contributed by atoms with Crippen LogP contribution >= 0.6 is 0 Å². The first-order valence-corrected chi connectivity index (χ1v) is 11.1. The van der Waals surface area contributed by atoms with Crippen molar-refractivity contribution in [3.63, 3.8) is 0 Å². The molecule has 0 saturated heterocycles. The molecule has 31 heavy (non-hydrogen) atoms. The maximum absolute atomic E-state index is 12.5.